The minimum absolute atomic E-state index is 0.123. The maximum absolute atomic E-state index is 19.7. The van der Waals surface area contributed by atoms with Gasteiger partial charge < -0.3 is 19.4 Å². The van der Waals surface area contributed by atoms with E-state index in [9.17, 15) is 10.0 Å². The number of aromatic nitrogens is 4. The number of rotatable bonds is 30. The molecule has 1 aliphatic heterocycles. The Balaban J connectivity index is 1.42. The van der Waals surface area contributed by atoms with E-state index in [0.29, 0.717) is 70.0 Å². The number of unbranched alkanes of at least 4 members (excludes halogenated alkanes) is 20. The lowest BCUT2D eigenvalue weighted by Crippen LogP contribution is -2.41. The second-order valence-corrected chi connectivity index (χ2v) is 23.0. The lowest BCUT2D eigenvalue weighted by molar-refractivity contribution is 0.00578. The predicted molar refractivity (Wildman–Crippen MR) is 287 cm³/mol. The van der Waals surface area contributed by atoms with Crippen LogP contribution in [-0.2, 0) is 20.1 Å². The molecule has 8 rings (SSSR count). The third-order valence-electron chi connectivity index (χ3n) is 17.6. The molecule has 0 atom stereocenters. The van der Waals surface area contributed by atoms with Gasteiger partial charge in [0, 0.05) is 55.1 Å². The Bertz CT molecular complexity index is 2580. The Kier molecular flexibility index (Phi) is 17.8. The first-order valence-electron chi connectivity index (χ1n) is 28.6. The van der Waals surface area contributed by atoms with Crippen LogP contribution in [0.5, 0.6) is 0 Å². The average Bonchev–Trinajstić information content (AvgIpc) is 4.18. The van der Waals surface area contributed by atoms with Crippen molar-refractivity contribution >= 4 is 47.2 Å². The first kappa shape index (κ1) is 54.5. The fourth-order valence-electron chi connectivity index (χ4n) is 13.0. The Labute approximate surface area is 429 Å². The second-order valence-electron chi connectivity index (χ2n) is 23.0. The summed E-state index contributed by atoms with van der Waals surface area (Å²) in [6, 6.07) is 3.85. The number of hydrogen-bond acceptors (Lipinski definition) is 10. The number of fused-ring (bicyclic) bond motifs is 10. The van der Waals surface area contributed by atoms with Crippen molar-refractivity contribution in [1.29, 1.82) is 0 Å². The number of nitrogens with zero attached hydrogens (tertiary/aromatic N) is 4. The summed E-state index contributed by atoms with van der Waals surface area (Å²) in [5, 5.41) is 39.7. The highest BCUT2D eigenvalue weighted by atomic mass is 19.1. The van der Waals surface area contributed by atoms with E-state index in [0.717, 1.165) is 160 Å². The van der Waals surface area contributed by atoms with E-state index in [1.807, 2.05) is 27.7 Å². The third-order valence-corrected chi connectivity index (χ3v) is 17.6. The fourth-order valence-corrected chi connectivity index (χ4v) is 13.0. The summed E-state index contributed by atoms with van der Waals surface area (Å²) in [7, 11) is -2.73. The first-order chi connectivity index (χ1) is 34.7. The van der Waals surface area contributed by atoms with Gasteiger partial charge in [0.2, 0.25) is 0 Å². The molecule has 0 unspecified atom stereocenters. The maximum atomic E-state index is 19.7. The highest BCUT2D eigenvalue weighted by Crippen LogP contribution is 2.64. The minimum Gasteiger partial charge on any atom is -0.423 e. The molecular formula is C58H84B2F2N4O6. The quantitative estimate of drug-likeness (QED) is 0.0338. The van der Waals surface area contributed by atoms with Crippen LogP contribution < -0.4 is 10.9 Å². The molecule has 2 aromatic heterocycles. The Morgan fingerprint density at radius 1 is 0.458 bits per heavy atom. The Morgan fingerprint density at radius 2 is 0.792 bits per heavy atom. The van der Waals surface area contributed by atoms with Crippen molar-refractivity contribution in [3.8, 4) is 22.3 Å². The standard InChI is InChI=1S/C58H84B2F2N4O6/c1-9-13-17-21-25-29-33-57(34-30-26-22-18-14-10-2)39-37-41(59(67)68)51-53(65-71-63-51)43(39)45-47(57)50(62)46-44-40(38-42(52-54(44)66-72-64-52)60-69-55(5,6)56(7,8)70-60)58(48(46)49(45)61,35-31-27-23-19-15-11-3)36-32-28-24-20-16-12-4/h37-38,67-68H,9-36H2,1-8H3. The van der Waals surface area contributed by atoms with Gasteiger partial charge in [-0.2, -0.15) is 0 Å². The van der Waals surface area contributed by atoms with Gasteiger partial charge in [0.05, 0.1) is 11.2 Å². The molecule has 3 aliphatic rings. The van der Waals surface area contributed by atoms with Gasteiger partial charge >= 0.3 is 14.2 Å². The zero-order valence-corrected chi connectivity index (χ0v) is 45.2. The lowest BCUT2D eigenvalue weighted by Gasteiger charge is -2.35. The monoisotopic (exact) mass is 993 g/mol. The van der Waals surface area contributed by atoms with Gasteiger partial charge in [0.25, 0.3) is 0 Å². The molecule has 0 saturated carbocycles. The molecule has 14 heteroatoms. The molecule has 72 heavy (non-hydrogen) atoms. The van der Waals surface area contributed by atoms with E-state index in [1.165, 1.54) is 0 Å². The van der Waals surface area contributed by atoms with Crippen molar-refractivity contribution in [1.82, 2.24) is 20.6 Å². The van der Waals surface area contributed by atoms with Crippen LogP contribution in [0.4, 0.5) is 8.78 Å². The zero-order chi connectivity index (χ0) is 51.3. The SMILES string of the molecule is CCCCCCCCC1(CCCCCCCC)c2cc(B(O)O)c3nonc3c2-c2c(F)c3c(c(F)c21)-c1c(cc(B2OC(C)(C)C(C)(C)O2)c2nonc12)C3(CCCCCCCC)CCCCCCCC. The summed E-state index contributed by atoms with van der Waals surface area (Å²) >= 11 is 0. The summed E-state index contributed by atoms with van der Waals surface area (Å²) in [6.45, 7) is 16.9. The molecule has 5 aromatic rings. The highest BCUT2D eigenvalue weighted by molar-refractivity contribution is 6.65. The number of benzene rings is 3. The van der Waals surface area contributed by atoms with Crippen molar-refractivity contribution in [3.05, 3.63) is 46.0 Å². The minimum atomic E-state index is -1.91. The molecule has 0 radical (unpaired) electrons. The van der Waals surface area contributed by atoms with Crippen LogP contribution in [0.1, 0.15) is 257 Å². The predicted octanol–water partition coefficient (Wildman–Crippen LogP) is 14.6. The van der Waals surface area contributed by atoms with E-state index in [4.69, 9.17) is 18.6 Å². The van der Waals surface area contributed by atoms with E-state index in [1.54, 1.807) is 6.07 Å². The van der Waals surface area contributed by atoms with Gasteiger partial charge in [-0.05, 0) is 74.8 Å². The van der Waals surface area contributed by atoms with Gasteiger partial charge in [-0.3, -0.25) is 0 Å². The molecule has 1 saturated heterocycles. The fraction of sp³-hybridized carbons (Fsp3) is 0.690. The third kappa shape index (κ3) is 10.1. The summed E-state index contributed by atoms with van der Waals surface area (Å²) in [5.74, 6) is -0.904. The largest absolute Gasteiger partial charge is 0.497 e. The molecule has 3 heterocycles. The van der Waals surface area contributed by atoms with Crippen LogP contribution in [-0.4, -0.2) is 56.1 Å². The maximum Gasteiger partial charge on any atom is 0.497 e. The van der Waals surface area contributed by atoms with Crippen molar-refractivity contribution in [3.63, 3.8) is 0 Å². The Hall–Kier alpha value is -3.71. The van der Waals surface area contributed by atoms with Crippen LogP contribution in [0.2, 0.25) is 0 Å². The molecular weight excluding hydrogens is 908 g/mol. The topological polar surface area (TPSA) is 137 Å². The van der Waals surface area contributed by atoms with Crippen LogP contribution in [0.3, 0.4) is 0 Å². The van der Waals surface area contributed by atoms with Gasteiger partial charge in [0.15, 0.2) is 0 Å². The molecule has 392 valence electrons. The molecule has 0 bridgehead atoms. The first-order valence-corrected chi connectivity index (χ1v) is 28.6. The van der Waals surface area contributed by atoms with Crippen LogP contribution in [0.15, 0.2) is 21.4 Å². The van der Waals surface area contributed by atoms with E-state index in [-0.39, 0.29) is 27.6 Å². The van der Waals surface area contributed by atoms with E-state index < -0.39 is 47.9 Å². The normalized spacial score (nSPS) is 16.8. The summed E-state index contributed by atoms with van der Waals surface area (Å²) in [6.07, 6.45) is 27.2. The van der Waals surface area contributed by atoms with Crippen LogP contribution >= 0.6 is 0 Å². The number of halogens is 2. The molecule has 2 N–H and O–H groups in total. The zero-order valence-electron chi connectivity index (χ0n) is 45.2. The summed E-state index contributed by atoms with van der Waals surface area (Å²) < 4.78 is 64.0. The van der Waals surface area contributed by atoms with Crippen molar-refractivity contribution in [2.24, 2.45) is 0 Å². The smallest absolute Gasteiger partial charge is 0.423 e. The molecule has 0 amide bonds. The van der Waals surface area contributed by atoms with Gasteiger partial charge in [-0.1, -0.05) is 204 Å². The lowest BCUT2D eigenvalue weighted by atomic mass is 9.66. The van der Waals surface area contributed by atoms with Crippen molar-refractivity contribution in [2.45, 2.75) is 257 Å². The molecule has 1 fully saturated rings. The summed E-state index contributed by atoms with van der Waals surface area (Å²) in [4.78, 5) is 0. The van der Waals surface area contributed by atoms with E-state index in [2.05, 4.69) is 54.4 Å². The average molecular weight is 993 g/mol. The van der Waals surface area contributed by atoms with Gasteiger partial charge in [-0.25, -0.2) is 18.0 Å². The molecule has 10 nitrogen and oxygen atoms in total. The van der Waals surface area contributed by atoms with Crippen LogP contribution in [0.25, 0.3) is 44.3 Å². The van der Waals surface area contributed by atoms with Crippen molar-refractivity contribution in [2.75, 3.05) is 0 Å². The second kappa shape index (κ2) is 23.5. The number of hydrogen-bond donors (Lipinski definition) is 2. The van der Waals surface area contributed by atoms with Crippen LogP contribution in [0, 0.1) is 11.6 Å². The van der Waals surface area contributed by atoms with Gasteiger partial charge in [-0.15, -0.1) is 0 Å². The molecule has 3 aromatic carbocycles. The Morgan fingerprint density at radius 3 is 1.18 bits per heavy atom. The van der Waals surface area contributed by atoms with E-state index >= 15 is 8.78 Å². The highest BCUT2D eigenvalue weighted by Gasteiger charge is 2.57. The molecule has 2 aliphatic carbocycles. The molecule has 0 spiro atoms. The van der Waals surface area contributed by atoms with Gasteiger partial charge in [0.1, 0.15) is 33.7 Å². The van der Waals surface area contributed by atoms with Crippen molar-refractivity contribution < 1.29 is 37.4 Å². The summed E-state index contributed by atoms with van der Waals surface area (Å²) in [5.41, 5.74) is 2.28.